The summed E-state index contributed by atoms with van der Waals surface area (Å²) in [4.78, 5) is 12.6. The average Bonchev–Trinajstić information content (AvgIpc) is 3.43. The highest BCUT2D eigenvalue weighted by Crippen LogP contribution is 2.41. The molecule has 1 amide bonds. The van der Waals surface area contributed by atoms with Crippen LogP contribution in [0.3, 0.4) is 0 Å². The fourth-order valence-corrected chi connectivity index (χ4v) is 4.07. The van der Waals surface area contributed by atoms with Gasteiger partial charge in [-0.1, -0.05) is 59.8 Å². The third kappa shape index (κ3) is 4.25. The van der Waals surface area contributed by atoms with E-state index in [1.807, 2.05) is 37.3 Å². The second-order valence-electron chi connectivity index (χ2n) is 7.25. The molecule has 7 heteroatoms. The highest BCUT2D eigenvalue weighted by atomic mass is 32.2. The predicted octanol–water partition coefficient (Wildman–Crippen LogP) is 3.64. The van der Waals surface area contributed by atoms with E-state index in [1.165, 1.54) is 22.9 Å². The normalized spacial score (nSPS) is 14.6. The lowest BCUT2D eigenvalue weighted by molar-refractivity contribution is -0.119. The summed E-state index contributed by atoms with van der Waals surface area (Å²) in [6, 6.07) is 16.4. The van der Waals surface area contributed by atoms with E-state index in [2.05, 4.69) is 46.0 Å². The van der Waals surface area contributed by atoms with Gasteiger partial charge in [-0.25, -0.2) is 0 Å². The SMILES string of the molecule is Cc1ccc(-n2nnnc2SCC(=O)NC(c2ccccc2)C2CC2)c(C)c1. The molecule has 28 heavy (non-hydrogen) atoms. The molecule has 3 aromatic rings. The lowest BCUT2D eigenvalue weighted by Crippen LogP contribution is -2.31. The zero-order valence-corrected chi connectivity index (χ0v) is 16.8. The van der Waals surface area contributed by atoms with Gasteiger partial charge in [0.05, 0.1) is 17.5 Å². The maximum atomic E-state index is 12.6. The van der Waals surface area contributed by atoms with E-state index in [9.17, 15) is 4.79 Å². The standard InChI is InChI=1S/C21H23N5OS/c1-14-8-11-18(15(2)12-14)26-21(23-24-25-26)28-13-19(27)22-20(17-9-10-17)16-6-4-3-5-7-16/h3-8,11-12,17,20H,9-10,13H2,1-2H3,(H,22,27). The Morgan fingerprint density at radius 2 is 2.00 bits per heavy atom. The summed E-state index contributed by atoms with van der Waals surface area (Å²) in [5, 5.41) is 15.8. The molecule has 1 aliphatic carbocycles. The van der Waals surface area contributed by atoms with Crippen molar-refractivity contribution in [1.29, 1.82) is 0 Å². The highest BCUT2D eigenvalue weighted by Gasteiger charge is 2.33. The smallest absolute Gasteiger partial charge is 0.230 e. The second kappa shape index (κ2) is 8.14. The molecular formula is C21H23N5OS. The minimum atomic E-state index is 0.000862. The second-order valence-corrected chi connectivity index (χ2v) is 8.19. The average molecular weight is 394 g/mol. The van der Waals surface area contributed by atoms with Crippen molar-refractivity contribution in [2.75, 3.05) is 5.75 Å². The van der Waals surface area contributed by atoms with E-state index in [-0.39, 0.29) is 17.7 Å². The quantitative estimate of drug-likeness (QED) is 0.621. The first-order valence-corrected chi connectivity index (χ1v) is 10.4. The lowest BCUT2D eigenvalue weighted by atomic mass is 10.0. The molecule has 1 aromatic heterocycles. The van der Waals surface area contributed by atoms with Crippen LogP contribution >= 0.6 is 11.8 Å². The molecule has 0 spiro atoms. The first-order valence-electron chi connectivity index (χ1n) is 9.45. The van der Waals surface area contributed by atoms with Gasteiger partial charge >= 0.3 is 0 Å². The molecular weight excluding hydrogens is 370 g/mol. The van der Waals surface area contributed by atoms with E-state index < -0.39 is 0 Å². The van der Waals surface area contributed by atoms with Crippen LogP contribution in [0.1, 0.15) is 35.6 Å². The third-order valence-electron chi connectivity index (χ3n) is 4.92. The molecule has 0 saturated heterocycles. The minimum Gasteiger partial charge on any atom is -0.348 e. The van der Waals surface area contributed by atoms with E-state index >= 15 is 0 Å². The summed E-state index contributed by atoms with van der Waals surface area (Å²) in [6.45, 7) is 4.09. The van der Waals surface area contributed by atoms with Crippen LogP contribution in [0.5, 0.6) is 0 Å². The minimum absolute atomic E-state index is 0.000862. The molecule has 1 atom stereocenters. The van der Waals surface area contributed by atoms with Crippen LogP contribution < -0.4 is 5.32 Å². The summed E-state index contributed by atoms with van der Waals surface area (Å²) < 4.78 is 1.70. The van der Waals surface area contributed by atoms with Crippen LogP contribution in [-0.4, -0.2) is 31.9 Å². The van der Waals surface area contributed by atoms with Crippen LogP contribution in [0, 0.1) is 19.8 Å². The highest BCUT2D eigenvalue weighted by molar-refractivity contribution is 7.99. The number of carbonyl (C=O) groups is 1. The molecule has 1 saturated carbocycles. The summed E-state index contributed by atoms with van der Waals surface area (Å²) in [6.07, 6.45) is 2.33. The van der Waals surface area contributed by atoms with E-state index in [0.29, 0.717) is 11.1 Å². The summed E-state index contributed by atoms with van der Waals surface area (Å²) in [5.41, 5.74) is 4.38. The van der Waals surface area contributed by atoms with E-state index in [0.717, 1.165) is 24.1 Å². The van der Waals surface area contributed by atoms with Crippen molar-refractivity contribution in [3.05, 3.63) is 65.2 Å². The van der Waals surface area contributed by atoms with Crippen molar-refractivity contribution in [1.82, 2.24) is 25.5 Å². The maximum Gasteiger partial charge on any atom is 0.230 e. The van der Waals surface area contributed by atoms with Crippen molar-refractivity contribution < 1.29 is 4.79 Å². The zero-order chi connectivity index (χ0) is 19.5. The molecule has 1 N–H and O–H groups in total. The monoisotopic (exact) mass is 393 g/mol. The largest absolute Gasteiger partial charge is 0.348 e. The Balaban J connectivity index is 1.42. The molecule has 0 bridgehead atoms. The van der Waals surface area contributed by atoms with E-state index in [4.69, 9.17) is 0 Å². The first-order chi connectivity index (χ1) is 13.6. The number of aryl methyl sites for hydroxylation is 2. The topological polar surface area (TPSA) is 72.7 Å². The number of amides is 1. The molecule has 2 aromatic carbocycles. The first kappa shape index (κ1) is 18.7. The number of rotatable bonds is 7. The molecule has 4 rings (SSSR count). The number of benzene rings is 2. The predicted molar refractivity (Wildman–Crippen MR) is 109 cm³/mol. The number of nitrogens with one attached hydrogen (secondary N) is 1. The number of hydrogen-bond acceptors (Lipinski definition) is 5. The van der Waals surface area contributed by atoms with Crippen LogP contribution in [0.25, 0.3) is 5.69 Å². The van der Waals surface area contributed by atoms with E-state index in [1.54, 1.807) is 4.68 Å². The number of nitrogens with zero attached hydrogens (tertiary/aromatic N) is 4. The van der Waals surface area contributed by atoms with Gasteiger partial charge in [0.25, 0.3) is 0 Å². The maximum absolute atomic E-state index is 12.6. The van der Waals surface area contributed by atoms with Crippen LogP contribution in [0.4, 0.5) is 0 Å². The van der Waals surface area contributed by atoms with Gasteiger partial charge in [-0.05, 0) is 60.2 Å². The Hall–Kier alpha value is -2.67. The summed E-state index contributed by atoms with van der Waals surface area (Å²) in [5.74, 6) is 0.819. The van der Waals surface area contributed by atoms with Gasteiger partial charge in [0, 0.05) is 0 Å². The Morgan fingerprint density at radius 3 is 2.71 bits per heavy atom. The van der Waals surface area contributed by atoms with Gasteiger partial charge in [-0.3, -0.25) is 4.79 Å². The van der Waals surface area contributed by atoms with Crippen molar-refractivity contribution in [3.63, 3.8) is 0 Å². The van der Waals surface area contributed by atoms with Crippen LogP contribution in [0.2, 0.25) is 0 Å². The van der Waals surface area contributed by atoms with Gasteiger partial charge in [0.1, 0.15) is 0 Å². The number of thioether (sulfide) groups is 1. The number of carbonyl (C=O) groups excluding carboxylic acids is 1. The van der Waals surface area contributed by atoms with Gasteiger partial charge in [-0.2, -0.15) is 4.68 Å². The van der Waals surface area contributed by atoms with Gasteiger partial charge in [0.2, 0.25) is 11.1 Å². The van der Waals surface area contributed by atoms with Crippen molar-refractivity contribution in [2.45, 2.75) is 37.9 Å². The Morgan fingerprint density at radius 1 is 1.21 bits per heavy atom. The van der Waals surface area contributed by atoms with Crippen LogP contribution in [0.15, 0.2) is 53.7 Å². The van der Waals surface area contributed by atoms with Crippen molar-refractivity contribution in [2.24, 2.45) is 5.92 Å². The molecule has 0 radical (unpaired) electrons. The Kier molecular flexibility index (Phi) is 5.43. The Bertz CT molecular complexity index is 968. The fourth-order valence-electron chi connectivity index (χ4n) is 3.37. The fraction of sp³-hybridized carbons (Fsp3) is 0.333. The lowest BCUT2D eigenvalue weighted by Gasteiger charge is -2.18. The number of hydrogen-bond donors (Lipinski definition) is 1. The van der Waals surface area contributed by atoms with Gasteiger partial charge in [0.15, 0.2) is 0 Å². The number of aromatic nitrogens is 4. The Labute approximate surface area is 168 Å². The summed E-state index contributed by atoms with van der Waals surface area (Å²) >= 11 is 1.35. The molecule has 1 heterocycles. The van der Waals surface area contributed by atoms with Gasteiger partial charge < -0.3 is 5.32 Å². The zero-order valence-electron chi connectivity index (χ0n) is 16.0. The third-order valence-corrected chi connectivity index (χ3v) is 5.84. The number of tetrazole rings is 1. The molecule has 1 unspecified atom stereocenters. The van der Waals surface area contributed by atoms with Crippen LogP contribution in [-0.2, 0) is 4.79 Å². The van der Waals surface area contributed by atoms with Crippen molar-refractivity contribution in [3.8, 4) is 5.69 Å². The molecule has 6 nitrogen and oxygen atoms in total. The van der Waals surface area contributed by atoms with Crippen molar-refractivity contribution >= 4 is 17.7 Å². The molecule has 0 aliphatic heterocycles. The van der Waals surface area contributed by atoms with Gasteiger partial charge in [-0.15, -0.1) is 5.10 Å². The molecule has 144 valence electrons. The molecule has 1 fully saturated rings. The summed E-state index contributed by atoms with van der Waals surface area (Å²) in [7, 11) is 0. The molecule has 1 aliphatic rings.